The Morgan fingerprint density at radius 1 is 1.40 bits per heavy atom. The van der Waals surface area contributed by atoms with Gasteiger partial charge in [-0.3, -0.25) is 9.59 Å². The zero-order valence-electron chi connectivity index (χ0n) is 9.12. The maximum absolute atomic E-state index is 11.6. The van der Waals surface area contributed by atoms with Crippen molar-refractivity contribution in [3.63, 3.8) is 0 Å². The van der Waals surface area contributed by atoms with Gasteiger partial charge in [0, 0.05) is 7.11 Å². The molecular weight excluding hydrogens is 196 g/mol. The van der Waals surface area contributed by atoms with Gasteiger partial charge in [-0.1, -0.05) is 0 Å². The Bertz CT molecular complexity index is 376. The minimum Gasteiger partial charge on any atom is -0.466 e. The SMILES string of the molecule is COCC(=O)CC(=O)c1cc(C)oc1C. The van der Waals surface area contributed by atoms with Crippen LogP contribution in [0.3, 0.4) is 0 Å². The van der Waals surface area contributed by atoms with Crippen molar-refractivity contribution in [2.24, 2.45) is 0 Å². The number of ketones is 2. The fraction of sp³-hybridized carbons (Fsp3) is 0.455. The van der Waals surface area contributed by atoms with Crippen LogP contribution in [0.15, 0.2) is 10.5 Å². The van der Waals surface area contributed by atoms with E-state index in [1.165, 1.54) is 7.11 Å². The minimum absolute atomic E-state index is 0.0262. The minimum atomic E-state index is -0.222. The van der Waals surface area contributed by atoms with E-state index >= 15 is 0 Å². The van der Waals surface area contributed by atoms with E-state index in [2.05, 4.69) is 4.74 Å². The second-order valence-corrected chi connectivity index (χ2v) is 3.40. The maximum atomic E-state index is 11.6. The number of Topliss-reactive ketones (excluding diaryl/α,β-unsaturated/α-hetero) is 2. The first kappa shape index (κ1) is 11.7. The van der Waals surface area contributed by atoms with Crippen LogP contribution in [0.2, 0.25) is 0 Å². The molecule has 82 valence electrons. The van der Waals surface area contributed by atoms with Gasteiger partial charge in [-0.2, -0.15) is 0 Å². The van der Waals surface area contributed by atoms with Gasteiger partial charge in [-0.25, -0.2) is 0 Å². The van der Waals surface area contributed by atoms with Crippen LogP contribution in [0.4, 0.5) is 0 Å². The van der Waals surface area contributed by atoms with Crippen LogP contribution in [0, 0.1) is 13.8 Å². The van der Waals surface area contributed by atoms with Crippen molar-refractivity contribution in [2.75, 3.05) is 13.7 Å². The molecule has 0 saturated carbocycles. The number of hydrogen-bond acceptors (Lipinski definition) is 4. The summed E-state index contributed by atoms with van der Waals surface area (Å²) >= 11 is 0. The molecule has 1 heterocycles. The fourth-order valence-corrected chi connectivity index (χ4v) is 1.39. The topological polar surface area (TPSA) is 56.5 Å². The molecule has 0 unspecified atom stereocenters. The molecule has 1 aromatic rings. The van der Waals surface area contributed by atoms with Gasteiger partial charge >= 0.3 is 0 Å². The molecule has 0 atom stereocenters. The lowest BCUT2D eigenvalue weighted by Gasteiger charge is -1.98. The molecule has 0 N–H and O–H groups in total. The lowest BCUT2D eigenvalue weighted by Crippen LogP contribution is -2.13. The predicted molar refractivity (Wildman–Crippen MR) is 54.0 cm³/mol. The number of ether oxygens (including phenoxy) is 1. The Balaban J connectivity index is 2.69. The van der Waals surface area contributed by atoms with Gasteiger partial charge in [-0.05, 0) is 19.9 Å². The molecule has 0 aliphatic heterocycles. The molecule has 0 aliphatic rings. The van der Waals surface area contributed by atoms with E-state index in [1.807, 2.05) is 0 Å². The highest BCUT2D eigenvalue weighted by Gasteiger charge is 2.16. The Labute approximate surface area is 88.2 Å². The third-order valence-electron chi connectivity index (χ3n) is 2.00. The second kappa shape index (κ2) is 4.89. The molecule has 0 bridgehead atoms. The molecule has 0 aliphatic carbocycles. The summed E-state index contributed by atoms with van der Waals surface area (Å²) in [5, 5.41) is 0. The van der Waals surface area contributed by atoms with E-state index in [0.717, 1.165) is 0 Å². The van der Waals surface area contributed by atoms with Crippen molar-refractivity contribution in [1.29, 1.82) is 0 Å². The predicted octanol–water partition coefficient (Wildman–Crippen LogP) is 1.68. The Hall–Kier alpha value is -1.42. The van der Waals surface area contributed by atoms with Crippen molar-refractivity contribution in [2.45, 2.75) is 20.3 Å². The first-order valence-electron chi connectivity index (χ1n) is 4.65. The number of methoxy groups -OCH3 is 1. The molecule has 4 heteroatoms. The average molecular weight is 210 g/mol. The first-order valence-corrected chi connectivity index (χ1v) is 4.65. The van der Waals surface area contributed by atoms with Gasteiger partial charge in [0.2, 0.25) is 0 Å². The zero-order chi connectivity index (χ0) is 11.4. The van der Waals surface area contributed by atoms with Gasteiger partial charge < -0.3 is 9.15 Å². The molecule has 1 rings (SSSR count). The second-order valence-electron chi connectivity index (χ2n) is 3.40. The number of rotatable bonds is 5. The van der Waals surface area contributed by atoms with Crippen molar-refractivity contribution in [1.82, 2.24) is 0 Å². The standard InChI is InChI=1S/C11H14O4/c1-7-4-10(8(2)15-7)11(13)5-9(12)6-14-3/h4H,5-6H2,1-3H3. The van der Waals surface area contributed by atoms with Crippen LogP contribution < -0.4 is 0 Å². The van der Waals surface area contributed by atoms with Gasteiger partial charge in [0.1, 0.15) is 18.1 Å². The number of furan rings is 1. The molecule has 0 radical (unpaired) electrons. The number of aryl methyl sites for hydroxylation is 2. The van der Waals surface area contributed by atoms with Gasteiger partial charge in [0.25, 0.3) is 0 Å². The van der Waals surface area contributed by atoms with Crippen molar-refractivity contribution < 1.29 is 18.7 Å². The highest BCUT2D eigenvalue weighted by Crippen LogP contribution is 2.15. The summed E-state index contributed by atoms with van der Waals surface area (Å²) in [6, 6.07) is 1.65. The molecule has 0 fully saturated rings. The lowest BCUT2D eigenvalue weighted by molar-refractivity contribution is -0.121. The van der Waals surface area contributed by atoms with Crippen molar-refractivity contribution in [3.8, 4) is 0 Å². The Kier molecular flexibility index (Phi) is 3.80. The van der Waals surface area contributed by atoms with E-state index in [9.17, 15) is 9.59 Å². The molecule has 0 saturated heterocycles. The molecule has 4 nitrogen and oxygen atoms in total. The van der Waals surface area contributed by atoms with E-state index in [1.54, 1.807) is 19.9 Å². The monoisotopic (exact) mass is 210 g/mol. The smallest absolute Gasteiger partial charge is 0.173 e. The summed E-state index contributed by atoms with van der Waals surface area (Å²) in [6.07, 6.45) is -0.131. The molecule has 1 aromatic heterocycles. The van der Waals surface area contributed by atoms with Crippen LogP contribution in [-0.2, 0) is 9.53 Å². The average Bonchev–Trinajstić information content (AvgIpc) is 2.45. The zero-order valence-corrected chi connectivity index (χ0v) is 9.12. The molecule has 0 aromatic carbocycles. The number of hydrogen-bond donors (Lipinski definition) is 0. The lowest BCUT2D eigenvalue weighted by atomic mass is 10.1. The third-order valence-corrected chi connectivity index (χ3v) is 2.00. The number of carbonyl (C=O) groups is 2. The van der Waals surface area contributed by atoms with Gasteiger partial charge in [0.15, 0.2) is 11.6 Å². The van der Waals surface area contributed by atoms with Crippen LogP contribution in [0.25, 0.3) is 0 Å². The molecule has 0 spiro atoms. The molecule has 0 amide bonds. The quantitative estimate of drug-likeness (QED) is 0.548. The van der Waals surface area contributed by atoms with Crippen molar-refractivity contribution >= 4 is 11.6 Å². The van der Waals surface area contributed by atoms with E-state index in [0.29, 0.717) is 17.1 Å². The largest absolute Gasteiger partial charge is 0.466 e. The molecule has 15 heavy (non-hydrogen) atoms. The summed E-state index contributed by atoms with van der Waals surface area (Å²) in [5.74, 6) is 0.796. The summed E-state index contributed by atoms with van der Waals surface area (Å²) in [6.45, 7) is 3.45. The van der Waals surface area contributed by atoms with Gasteiger partial charge in [0.05, 0.1) is 12.0 Å². The summed E-state index contributed by atoms with van der Waals surface area (Å²) in [7, 11) is 1.43. The van der Waals surface area contributed by atoms with Crippen LogP contribution in [-0.4, -0.2) is 25.3 Å². The Morgan fingerprint density at radius 3 is 2.53 bits per heavy atom. The fourth-order valence-electron chi connectivity index (χ4n) is 1.39. The first-order chi connectivity index (χ1) is 7.04. The summed E-state index contributed by atoms with van der Waals surface area (Å²) in [5.41, 5.74) is 0.483. The number of carbonyl (C=O) groups excluding carboxylic acids is 2. The van der Waals surface area contributed by atoms with Gasteiger partial charge in [-0.15, -0.1) is 0 Å². The van der Waals surface area contributed by atoms with E-state index < -0.39 is 0 Å². The summed E-state index contributed by atoms with van der Waals surface area (Å²) in [4.78, 5) is 22.8. The van der Waals surface area contributed by atoms with Crippen LogP contribution >= 0.6 is 0 Å². The van der Waals surface area contributed by atoms with Crippen LogP contribution in [0.1, 0.15) is 28.3 Å². The normalized spacial score (nSPS) is 10.3. The molecular formula is C11H14O4. The summed E-state index contributed by atoms with van der Waals surface area (Å²) < 4.78 is 9.86. The maximum Gasteiger partial charge on any atom is 0.173 e. The van der Waals surface area contributed by atoms with E-state index in [-0.39, 0.29) is 24.6 Å². The highest BCUT2D eigenvalue weighted by molar-refractivity contribution is 6.08. The Morgan fingerprint density at radius 2 is 2.07 bits per heavy atom. The van der Waals surface area contributed by atoms with Crippen LogP contribution in [0.5, 0.6) is 0 Å². The van der Waals surface area contributed by atoms with E-state index in [4.69, 9.17) is 4.42 Å². The van der Waals surface area contributed by atoms with Crippen molar-refractivity contribution in [3.05, 3.63) is 23.2 Å². The third kappa shape index (κ3) is 3.02. The highest BCUT2D eigenvalue weighted by atomic mass is 16.5.